The highest BCUT2D eigenvalue weighted by Gasteiger charge is 2.20. The Balaban J connectivity index is 1.29. The summed E-state index contributed by atoms with van der Waals surface area (Å²) in [5, 5.41) is 6.52. The van der Waals surface area contributed by atoms with E-state index in [1.807, 2.05) is 0 Å². The third kappa shape index (κ3) is 3.59. The van der Waals surface area contributed by atoms with Crippen LogP contribution in [0, 0.1) is 6.92 Å². The minimum absolute atomic E-state index is 0.576. The average Bonchev–Trinajstić information content (AvgIpc) is 3.10. The lowest BCUT2D eigenvalue weighted by Crippen LogP contribution is -2.38. The van der Waals surface area contributed by atoms with Crippen LogP contribution in [-0.4, -0.2) is 28.6 Å². The topological polar surface area (TPSA) is 20.2 Å². The lowest BCUT2D eigenvalue weighted by molar-refractivity contribution is 0.211. The first-order chi connectivity index (χ1) is 14.7. The molecule has 0 amide bonds. The minimum atomic E-state index is 0.576. The molecular weight excluding hydrogens is 366 g/mol. The van der Waals surface area contributed by atoms with Crippen molar-refractivity contribution in [2.75, 3.05) is 18.4 Å². The number of hydrogen-bond acceptors (Lipinski definition) is 2. The van der Waals surface area contributed by atoms with Gasteiger partial charge in [-0.05, 0) is 62.1 Å². The highest BCUT2D eigenvalue weighted by atomic mass is 15.1. The number of benzene rings is 3. The number of aryl methyl sites for hydroxylation is 2. The van der Waals surface area contributed by atoms with Crippen molar-refractivity contribution in [3.8, 4) is 0 Å². The van der Waals surface area contributed by atoms with Gasteiger partial charge in [0.1, 0.15) is 0 Å². The Morgan fingerprint density at radius 3 is 2.40 bits per heavy atom. The summed E-state index contributed by atoms with van der Waals surface area (Å²) in [7, 11) is 0. The van der Waals surface area contributed by atoms with E-state index in [-0.39, 0.29) is 0 Å². The summed E-state index contributed by atoms with van der Waals surface area (Å²) in [6, 6.07) is 25.0. The van der Waals surface area contributed by atoms with Crippen LogP contribution >= 0.6 is 0 Å². The van der Waals surface area contributed by atoms with E-state index < -0.39 is 0 Å². The summed E-state index contributed by atoms with van der Waals surface area (Å²) < 4.78 is 2.43. The summed E-state index contributed by atoms with van der Waals surface area (Å²) in [4.78, 5) is 2.61. The average molecular weight is 398 g/mol. The van der Waals surface area contributed by atoms with Gasteiger partial charge in [-0.1, -0.05) is 42.5 Å². The smallest absolute Gasteiger partial charge is 0.0491 e. The molecule has 3 heteroatoms. The maximum Gasteiger partial charge on any atom is 0.0491 e. The molecule has 1 aromatic heterocycles. The molecule has 30 heavy (non-hydrogen) atoms. The largest absolute Gasteiger partial charge is 0.382 e. The van der Waals surface area contributed by atoms with Crippen LogP contribution in [0.5, 0.6) is 0 Å². The van der Waals surface area contributed by atoms with E-state index in [0.717, 1.165) is 26.2 Å². The van der Waals surface area contributed by atoms with Crippen LogP contribution in [0.4, 0.5) is 5.69 Å². The molecule has 0 bridgehead atoms. The van der Waals surface area contributed by atoms with Gasteiger partial charge >= 0.3 is 0 Å². The molecule has 154 valence electrons. The predicted molar refractivity (Wildman–Crippen MR) is 128 cm³/mol. The second kappa shape index (κ2) is 8.16. The van der Waals surface area contributed by atoms with Gasteiger partial charge in [0.15, 0.2) is 0 Å². The maximum absolute atomic E-state index is 3.76. The van der Waals surface area contributed by atoms with Gasteiger partial charge in [-0.2, -0.15) is 0 Å². The zero-order valence-electron chi connectivity index (χ0n) is 18.1. The van der Waals surface area contributed by atoms with Crippen LogP contribution < -0.4 is 5.32 Å². The van der Waals surface area contributed by atoms with Gasteiger partial charge < -0.3 is 9.88 Å². The van der Waals surface area contributed by atoms with Crippen molar-refractivity contribution in [1.29, 1.82) is 0 Å². The molecule has 0 radical (unpaired) electrons. The SMILES string of the molecule is CCn1c2ccccc2c2cc(CN3CCC(Nc4ccccc4C)CC3)ccc21. The van der Waals surface area contributed by atoms with E-state index in [1.54, 1.807) is 0 Å². The molecule has 0 saturated carbocycles. The first-order valence-electron chi connectivity index (χ1n) is 11.3. The molecule has 5 rings (SSSR count). The van der Waals surface area contributed by atoms with Gasteiger partial charge in [-0.15, -0.1) is 0 Å². The minimum Gasteiger partial charge on any atom is -0.382 e. The van der Waals surface area contributed by atoms with Crippen molar-refractivity contribution in [2.24, 2.45) is 0 Å². The van der Waals surface area contributed by atoms with E-state index in [1.165, 1.54) is 51.5 Å². The Hall–Kier alpha value is -2.78. The summed E-state index contributed by atoms with van der Waals surface area (Å²) in [5.41, 5.74) is 6.74. The number of likely N-dealkylation sites (tertiary alicyclic amines) is 1. The molecule has 3 nitrogen and oxygen atoms in total. The van der Waals surface area contributed by atoms with Gasteiger partial charge in [0, 0.05) is 59.7 Å². The Labute approximate surface area is 179 Å². The van der Waals surface area contributed by atoms with Crippen LogP contribution in [-0.2, 0) is 13.1 Å². The molecule has 1 N–H and O–H groups in total. The quantitative estimate of drug-likeness (QED) is 0.433. The Morgan fingerprint density at radius 2 is 1.60 bits per heavy atom. The Bertz CT molecular complexity index is 1170. The molecule has 0 aliphatic carbocycles. The van der Waals surface area contributed by atoms with Crippen molar-refractivity contribution in [1.82, 2.24) is 9.47 Å². The van der Waals surface area contributed by atoms with Crippen LogP contribution in [0.25, 0.3) is 21.8 Å². The molecule has 1 fully saturated rings. The van der Waals surface area contributed by atoms with Crippen LogP contribution in [0.2, 0.25) is 0 Å². The molecule has 1 aliphatic heterocycles. The highest BCUT2D eigenvalue weighted by Crippen LogP contribution is 2.30. The van der Waals surface area contributed by atoms with Gasteiger partial charge in [0.2, 0.25) is 0 Å². The molecule has 1 saturated heterocycles. The maximum atomic E-state index is 3.76. The fourth-order valence-corrected chi connectivity index (χ4v) is 4.99. The number of piperidine rings is 1. The number of anilines is 1. The molecule has 1 aliphatic rings. The molecular formula is C27H31N3. The van der Waals surface area contributed by atoms with E-state index >= 15 is 0 Å². The van der Waals surface area contributed by atoms with Gasteiger partial charge in [-0.3, -0.25) is 4.90 Å². The zero-order valence-corrected chi connectivity index (χ0v) is 18.1. The predicted octanol–water partition coefficient (Wildman–Crippen LogP) is 6.20. The van der Waals surface area contributed by atoms with E-state index in [2.05, 4.69) is 95.4 Å². The van der Waals surface area contributed by atoms with Crippen molar-refractivity contribution in [3.05, 3.63) is 77.9 Å². The normalized spacial score (nSPS) is 15.8. The van der Waals surface area contributed by atoms with E-state index in [9.17, 15) is 0 Å². The Kier molecular flexibility index (Phi) is 5.22. The van der Waals surface area contributed by atoms with Gasteiger partial charge in [0.25, 0.3) is 0 Å². The number of fused-ring (bicyclic) bond motifs is 3. The third-order valence-electron chi connectivity index (χ3n) is 6.65. The van der Waals surface area contributed by atoms with Crippen molar-refractivity contribution in [3.63, 3.8) is 0 Å². The fourth-order valence-electron chi connectivity index (χ4n) is 4.99. The fraction of sp³-hybridized carbons (Fsp3) is 0.333. The number of nitrogens with one attached hydrogen (secondary N) is 1. The molecule has 2 heterocycles. The molecule has 0 spiro atoms. The standard InChI is InChI=1S/C27H31N3/c1-3-30-26-11-7-5-9-23(26)24-18-21(12-13-27(24)30)19-29-16-14-22(15-17-29)28-25-10-6-4-8-20(25)2/h4-13,18,22,28H,3,14-17,19H2,1-2H3. The van der Waals surface area contributed by atoms with Crippen LogP contribution in [0.1, 0.15) is 30.9 Å². The summed E-state index contributed by atoms with van der Waals surface area (Å²) >= 11 is 0. The number of rotatable bonds is 5. The van der Waals surface area contributed by atoms with Gasteiger partial charge in [-0.25, -0.2) is 0 Å². The highest BCUT2D eigenvalue weighted by molar-refractivity contribution is 6.08. The third-order valence-corrected chi connectivity index (χ3v) is 6.65. The molecule has 0 atom stereocenters. The number of para-hydroxylation sites is 2. The molecule has 3 aromatic carbocycles. The molecule has 0 unspecified atom stereocenters. The first-order valence-corrected chi connectivity index (χ1v) is 11.3. The van der Waals surface area contributed by atoms with Crippen molar-refractivity contribution < 1.29 is 0 Å². The number of hydrogen-bond donors (Lipinski definition) is 1. The van der Waals surface area contributed by atoms with Gasteiger partial charge in [0.05, 0.1) is 0 Å². The zero-order chi connectivity index (χ0) is 20.5. The number of nitrogens with zero attached hydrogens (tertiary/aromatic N) is 2. The second-order valence-corrected chi connectivity index (χ2v) is 8.62. The lowest BCUT2D eigenvalue weighted by Gasteiger charge is -2.33. The lowest BCUT2D eigenvalue weighted by atomic mass is 10.0. The van der Waals surface area contributed by atoms with Crippen LogP contribution in [0.15, 0.2) is 66.7 Å². The molecule has 4 aromatic rings. The summed E-state index contributed by atoms with van der Waals surface area (Å²) in [6.45, 7) is 8.76. The summed E-state index contributed by atoms with van der Waals surface area (Å²) in [5.74, 6) is 0. The first kappa shape index (κ1) is 19.2. The second-order valence-electron chi connectivity index (χ2n) is 8.62. The van der Waals surface area contributed by atoms with E-state index in [4.69, 9.17) is 0 Å². The van der Waals surface area contributed by atoms with E-state index in [0.29, 0.717) is 6.04 Å². The summed E-state index contributed by atoms with van der Waals surface area (Å²) in [6.07, 6.45) is 2.40. The monoisotopic (exact) mass is 397 g/mol. The number of aromatic nitrogens is 1. The van der Waals surface area contributed by atoms with Crippen LogP contribution in [0.3, 0.4) is 0 Å². The van der Waals surface area contributed by atoms with Crippen molar-refractivity contribution in [2.45, 2.75) is 45.8 Å². The Morgan fingerprint density at radius 1 is 0.867 bits per heavy atom. The van der Waals surface area contributed by atoms with Crippen molar-refractivity contribution >= 4 is 27.5 Å².